The number of nitrogens with one attached hydrogen (secondary N) is 3. The lowest BCUT2D eigenvalue weighted by Gasteiger charge is -2.32. The SMILES string of the molecule is CNS(=O)(=O)c1ccc(C(=O)N2CCCC(CNC(=O)Nc3cccc(F)c3)C2)o1. The van der Waals surface area contributed by atoms with Crippen LogP contribution in [0.3, 0.4) is 0 Å². The van der Waals surface area contributed by atoms with Crippen molar-refractivity contribution >= 4 is 27.6 Å². The first-order valence-corrected chi connectivity index (χ1v) is 10.9. The van der Waals surface area contributed by atoms with Crippen LogP contribution in [0.25, 0.3) is 0 Å². The van der Waals surface area contributed by atoms with Gasteiger partial charge in [-0.1, -0.05) is 6.07 Å². The molecule has 3 N–H and O–H groups in total. The van der Waals surface area contributed by atoms with Crippen LogP contribution >= 0.6 is 0 Å². The highest BCUT2D eigenvalue weighted by molar-refractivity contribution is 7.89. The zero-order chi connectivity index (χ0) is 21.7. The van der Waals surface area contributed by atoms with Gasteiger partial charge in [0.15, 0.2) is 5.76 Å². The minimum absolute atomic E-state index is 0.0245. The number of carbonyl (C=O) groups is 2. The number of sulfonamides is 1. The lowest BCUT2D eigenvalue weighted by atomic mass is 9.98. The summed E-state index contributed by atoms with van der Waals surface area (Å²) in [6.07, 6.45) is 1.56. The van der Waals surface area contributed by atoms with Crippen LogP contribution in [0, 0.1) is 11.7 Å². The van der Waals surface area contributed by atoms with Crippen LogP contribution in [-0.4, -0.2) is 51.9 Å². The van der Waals surface area contributed by atoms with E-state index in [0.717, 1.165) is 12.8 Å². The molecule has 1 fully saturated rings. The topological polar surface area (TPSA) is 121 Å². The summed E-state index contributed by atoms with van der Waals surface area (Å²) in [6, 6.07) is 7.68. The smallest absolute Gasteiger partial charge is 0.319 e. The summed E-state index contributed by atoms with van der Waals surface area (Å²) in [5, 5.41) is 4.96. The maximum absolute atomic E-state index is 13.2. The van der Waals surface area contributed by atoms with Gasteiger partial charge in [0.05, 0.1) is 0 Å². The largest absolute Gasteiger partial charge is 0.438 e. The van der Waals surface area contributed by atoms with Gasteiger partial charge in [0.2, 0.25) is 5.09 Å². The number of nitrogens with zero attached hydrogens (tertiary/aromatic N) is 1. The summed E-state index contributed by atoms with van der Waals surface area (Å²) in [5.74, 6) is -0.878. The van der Waals surface area contributed by atoms with Gasteiger partial charge in [-0.15, -0.1) is 0 Å². The van der Waals surface area contributed by atoms with Gasteiger partial charge < -0.3 is 20.0 Å². The minimum atomic E-state index is -3.76. The van der Waals surface area contributed by atoms with Crippen LogP contribution in [0.15, 0.2) is 45.9 Å². The van der Waals surface area contributed by atoms with E-state index in [4.69, 9.17) is 4.42 Å². The number of piperidine rings is 1. The van der Waals surface area contributed by atoms with Crippen molar-refractivity contribution in [2.45, 2.75) is 17.9 Å². The summed E-state index contributed by atoms with van der Waals surface area (Å²) in [4.78, 5) is 26.3. The molecule has 11 heteroatoms. The maximum Gasteiger partial charge on any atom is 0.319 e. The van der Waals surface area contributed by atoms with Gasteiger partial charge in [0.1, 0.15) is 5.82 Å². The molecule has 1 aliphatic heterocycles. The molecule has 1 atom stereocenters. The van der Waals surface area contributed by atoms with E-state index in [-0.39, 0.29) is 16.8 Å². The number of halogens is 1. The number of urea groups is 1. The molecule has 1 aromatic heterocycles. The third kappa shape index (κ3) is 5.36. The summed E-state index contributed by atoms with van der Waals surface area (Å²) >= 11 is 0. The Morgan fingerprint density at radius 1 is 1.27 bits per heavy atom. The van der Waals surface area contributed by atoms with Crippen LogP contribution in [-0.2, 0) is 10.0 Å². The van der Waals surface area contributed by atoms with Crippen LogP contribution in [0.1, 0.15) is 23.4 Å². The molecule has 2 aromatic rings. The standard InChI is InChI=1S/C19H23FN4O5S/c1-21-30(27,28)17-8-7-16(29-17)18(25)24-9-3-4-13(12-24)11-22-19(26)23-15-6-2-5-14(20)10-15/h2,5-8,10,13,21H,3-4,9,11-12H2,1H3,(H2,22,23,26). The van der Waals surface area contributed by atoms with E-state index in [2.05, 4.69) is 15.4 Å². The van der Waals surface area contributed by atoms with Crippen molar-refractivity contribution in [3.8, 4) is 0 Å². The number of hydrogen-bond donors (Lipinski definition) is 3. The number of likely N-dealkylation sites (tertiary alicyclic amines) is 1. The molecule has 30 heavy (non-hydrogen) atoms. The quantitative estimate of drug-likeness (QED) is 0.637. The molecule has 1 aliphatic rings. The summed E-state index contributed by atoms with van der Waals surface area (Å²) in [6.45, 7) is 1.25. The average Bonchev–Trinajstić information content (AvgIpc) is 3.23. The van der Waals surface area contributed by atoms with E-state index in [0.29, 0.717) is 25.3 Å². The van der Waals surface area contributed by atoms with Gasteiger partial charge in [-0.2, -0.15) is 0 Å². The van der Waals surface area contributed by atoms with Gasteiger partial charge in [-0.25, -0.2) is 22.3 Å². The number of furan rings is 1. The second kappa shape index (κ2) is 9.26. The van der Waals surface area contributed by atoms with Gasteiger partial charge in [-0.05, 0) is 56.1 Å². The second-order valence-corrected chi connectivity index (χ2v) is 8.75. The highest BCUT2D eigenvalue weighted by Gasteiger charge is 2.28. The molecule has 1 saturated heterocycles. The Hall–Kier alpha value is -2.92. The molecule has 0 aliphatic carbocycles. The number of hydrogen-bond acceptors (Lipinski definition) is 5. The molecule has 0 saturated carbocycles. The van der Waals surface area contributed by atoms with Gasteiger partial charge >= 0.3 is 6.03 Å². The molecule has 1 aromatic carbocycles. The van der Waals surface area contributed by atoms with E-state index < -0.39 is 27.8 Å². The molecule has 0 spiro atoms. The number of carbonyl (C=O) groups excluding carboxylic acids is 2. The zero-order valence-corrected chi connectivity index (χ0v) is 17.2. The molecular formula is C19H23FN4O5S. The Balaban J connectivity index is 1.53. The number of anilines is 1. The third-order valence-electron chi connectivity index (χ3n) is 4.77. The normalized spacial score (nSPS) is 16.9. The van der Waals surface area contributed by atoms with Crippen molar-refractivity contribution < 1.29 is 26.8 Å². The minimum Gasteiger partial charge on any atom is -0.438 e. The fourth-order valence-electron chi connectivity index (χ4n) is 3.23. The Morgan fingerprint density at radius 3 is 2.80 bits per heavy atom. The van der Waals surface area contributed by atoms with E-state index in [1.807, 2.05) is 0 Å². The summed E-state index contributed by atoms with van der Waals surface area (Å²) in [5.41, 5.74) is 0.345. The van der Waals surface area contributed by atoms with Crippen molar-refractivity contribution in [1.82, 2.24) is 14.9 Å². The highest BCUT2D eigenvalue weighted by atomic mass is 32.2. The molecule has 0 radical (unpaired) electrons. The van der Waals surface area contributed by atoms with Crippen LogP contribution < -0.4 is 15.4 Å². The van der Waals surface area contributed by atoms with E-state index in [1.54, 1.807) is 11.0 Å². The van der Waals surface area contributed by atoms with E-state index >= 15 is 0 Å². The number of amides is 3. The number of rotatable bonds is 6. The first-order chi connectivity index (χ1) is 14.3. The van der Waals surface area contributed by atoms with Crippen molar-refractivity contribution in [2.24, 2.45) is 5.92 Å². The monoisotopic (exact) mass is 438 g/mol. The highest BCUT2D eigenvalue weighted by Crippen LogP contribution is 2.21. The molecular weight excluding hydrogens is 415 g/mol. The Bertz CT molecular complexity index is 1020. The van der Waals surface area contributed by atoms with E-state index in [9.17, 15) is 22.4 Å². The van der Waals surface area contributed by atoms with Gasteiger partial charge in [-0.3, -0.25) is 4.79 Å². The van der Waals surface area contributed by atoms with Crippen molar-refractivity contribution in [1.29, 1.82) is 0 Å². The predicted molar refractivity (Wildman–Crippen MR) is 107 cm³/mol. The van der Waals surface area contributed by atoms with Crippen LogP contribution in [0.5, 0.6) is 0 Å². The summed E-state index contributed by atoms with van der Waals surface area (Å²) in [7, 11) is -2.51. The van der Waals surface area contributed by atoms with Crippen molar-refractivity contribution in [3.05, 3.63) is 48.0 Å². The predicted octanol–water partition coefficient (Wildman–Crippen LogP) is 2.00. The number of benzene rings is 1. The van der Waals surface area contributed by atoms with Crippen LogP contribution in [0.4, 0.5) is 14.9 Å². The van der Waals surface area contributed by atoms with Gasteiger partial charge in [0, 0.05) is 25.3 Å². The lowest BCUT2D eigenvalue weighted by molar-refractivity contribution is 0.0637. The molecule has 1 unspecified atom stereocenters. The lowest BCUT2D eigenvalue weighted by Crippen LogP contribution is -2.44. The third-order valence-corrected chi connectivity index (χ3v) is 6.05. The van der Waals surface area contributed by atoms with E-state index in [1.165, 1.54) is 37.4 Å². The van der Waals surface area contributed by atoms with Crippen molar-refractivity contribution in [2.75, 3.05) is 32.0 Å². The summed E-state index contributed by atoms with van der Waals surface area (Å²) < 4.78 is 44.1. The first kappa shape index (κ1) is 21.8. The zero-order valence-electron chi connectivity index (χ0n) is 16.4. The first-order valence-electron chi connectivity index (χ1n) is 9.41. The second-order valence-electron chi connectivity index (χ2n) is 6.93. The Kier molecular flexibility index (Phi) is 6.73. The molecule has 3 rings (SSSR count). The molecule has 9 nitrogen and oxygen atoms in total. The van der Waals surface area contributed by atoms with Crippen LogP contribution in [0.2, 0.25) is 0 Å². The average molecular weight is 438 g/mol. The van der Waals surface area contributed by atoms with Gasteiger partial charge in [0.25, 0.3) is 15.9 Å². The Morgan fingerprint density at radius 2 is 2.07 bits per heavy atom. The molecule has 2 heterocycles. The van der Waals surface area contributed by atoms with Crippen molar-refractivity contribution in [3.63, 3.8) is 0 Å². The fraction of sp³-hybridized carbons (Fsp3) is 0.368. The Labute approximate surface area is 173 Å². The molecule has 0 bridgehead atoms. The molecule has 162 valence electrons. The molecule has 3 amide bonds. The maximum atomic E-state index is 13.2. The fourth-order valence-corrected chi connectivity index (χ4v) is 3.88.